The zero-order chi connectivity index (χ0) is 17.2. The van der Waals surface area contributed by atoms with Gasteiger partial charge < -0.3 is 9.47 Å². The van der Waals surface area contributed by atoms with E-state index in [0.717, 1.165) is 37.9 Å². The second kappa shape index (κ2) is 10.1. The maximum Gasteiger partial charge on any atom is 0.308 e. The topological polar surface area (TPSA) is 35.5 Å². The zero-order valence-electron chi connectivity index (χ0n) is 14.5. The van der Waals surface area contributed by atoms with Crippen molar-refractivity contribution in [2.75, 3.05) is 7.11 Å². The first-order valence-electron chi connectivity index (χ1n) is 8.51. The van der Waals surface area contributed by atoms with Crippen LogP contribution in [-0.2, 0) is 22.6 Å². The van der Waals surface area contributed by atoms with Crippen LogP contribution < -0.4 is 4.74 Å². The van der Waals surface area contributed by atoms with Gasteiger partial charge in [0.2, 0.25) is 0 Å². The lowest BCUT2D eigenvalue weighted by Gasteiger charge is -2.09. The van der Waals surface area contributed by atoms with E-state index in [1.807, 2.05) is 25.1 Å². The number of aryl methyl sites for hydroxylation is 1. The van der Waals surface area contributed by atoms with Gasteiger partial charge in [-0.05, 0) is 48.4 Å². The molecule has 130 valence electrons. The molecule has 3 nitrogen and oxygen atoms in total. The largest absolute Gasteiger partial charge is 0.488 e. The molecule has 24 heavy (non-hydrogen) atoms. The Morgan fingerprint density at radius 3 is 2.58 bits per heavy atom. The van der Waals surface area contributed by atoms with Crippen LogP contribution in [0.5, 0.6) is 5.75 Å². The molecular weight excluding hydrogens is 320 g/mol. The lowest BCUT2D eigenvalue weighted by molar-refractivity contribution is -0.145. The molecule has 4 heteroatoms. The first-order chi connectivity index (χ1) is 11.7. The molecule has 0 saturated carbocycles. The van der Waals surface area contributed by atoms with Crippen molar-refractivity contribution in [1.29, 1.82) is 0 Å². The van der Waals surface area contributed by atoms with E-state index in [2.05, 4.69) is 23.6 Å². The van der Waals surface area contributed by atoms with Gasteiger partial charge in [0.1, 0.15) is 12.4 Å². The first kappa shape index (κ1) is 18.5. The van der Waals surface area contributed by atoms with Crippen LogP contribution in [0.15, 0.2) is 41.8 Å². The molecule has 0 fully saturated rings. The maximum atomic E-state index is 11.3. The maximum absolute atomic E-state index is 11.3. The fourth-order valence-corrected chi connectivity index (χ4v) is 3.19. The van der Waals surface area contributed by atoms with Gasteiger partial charge in [0.15, 0.2) is 0 Å². The Bertz CT molecular complexity index is 590. The summed E-state index contributed by atoms with van der Waals surface area (Å²) >= 11 is 1.71. The average molecular weight is 346 g/mol. The van der Waals surface area contributed by atoms with E-state index in [-0.39, 0.29) is 11.9 Å². The van der Waals surface area contributed by atoms with E-state index >= 15 is 0 Å². The van der Waals surface area contributed by atoms with Crippen molar-refractivity contribution in [2.45, 2.75) is 45.6 Å². The number of thiophene rings is 1. The smallest absolute Gasteiger partial charge is 0.308 e. The molecule has 2 rings (SSSR count). The van der Waals surface area contributed by atoms with Crippen LogP contribution in [0, 0.1) is 5.92 Å². The Kier molecular flexibility index (Phi) is 7.83. The van der Waals surface area contributed by atoms with Crippen molar-refractivity contribution in [3.8, 4) is 5.75 Å². The number of unbranched alkanes of at least 4 members (excludes halogenated alkanes) is 2. The molecule has 1 atom stereocenters. The summed E-state index contributed by atoms with van der Waals surface area (Å²) in [4.78, 5) is 12.6. The fraction of sp³-hybridized carbons (Fsp3) is 0.450. The van der Waals surface area contributed by atoms with Gasteiger partial charge >= 0.3 is 5.97 Å². The summed E-state index contributed by atoms with van der Waals surface area (Å²) < 4.78 is 10.5. The number of hydrogen-bond acceptors (Lipinski definition) is 4. The number of hydrogen-bond donors (Lipinski definition) is 0. The van der Waals surface area contributed by atoms with Gasteiger partial charge in [0, 0.05) is 4.88 Å². The van der Waals surface area contributed by atoms with E-state index in [9.17, 15) is 4.79 Å². The molecule has 0 bridgehead atoms. The molecule has 0 N–H and O–H groups in total. The Morgan fingerprint density at radius 2 is 1.92 bits per heavy atom. The molecule has 0 amide bonds. The van der Waals surface area contributed by atoms with Crippen molar-refractivity contribution in [3.05, 3.63) is 52.2 Å². The van der Waals surface area contributed by atoms with Crippen molar-refractivity contribution < 1.29 is 14.3 Å². The summed E-state index contributed by atoms with van der Waals surface area (Å²) in [5.41, 5.74) is 1.33. The number of benzene rings is 1. The molecule has 0 spiro atoms. The molecular formula is C20H26O3S. The number of rotatable bonds is 10. The molecule has 0 saturated heterocycles. The second-order valence-corrected chi connectivity index (χ2v) is 7.07. The monoisotopic (exact) mass is 346 g/mol. The number of carbonyl (C=O) groups is 1. The van der Waals surface area contributed by atoms with Crippen molar-refractivity contribution in [3.63, 3.8) is 0 Å². The Balaban J connectivity index is 1.62. The molecule has 1 heterocycles. The van der Waals surface area contributed by atoms with Gasteiger partial charge in [-0.3, -0.25) is 4.79 Å². The van der Waals surface area contributed by atoms with Crippen LogP contribution in [0.1, 0.15) is 43.0 Å². The van der Waals surface area contributed by atoms with Gasteiger partial charge in [-0.15, -0.1) is 11.3 Å². The van der Waals surface area contributed by atoms with Crippen molar-refractivity contribution in [1.82, 2.24) is 0 Å². The highest BCUT2D eigenvalue weighted by atomic mass is 32.1. The summed E-state index contributed by atoms with van der Waals surface area (Å²) in [6.07, 6.45) is 5.32. The van der Waals surface area contributed by atoms with E-state index < -0.39 is 0 Å². The molecule has 2 aromatic rings. The van der Waals surface area contributed by atoms with E-state index in [1.54, 1.807) is 11.3 Å². The Morgan fingerprint density at radius 1 is 1.12 bits per heavy atom. The van der Waals surface area contributed by atoms with Crippen LogP contribution >= 0.6 is 11.3 Å². The predicted octanol–water partition coefficient (Wildman–Crippen LogP) is 5.24. The highest BCUT2D eigenvalue weighted by Crippen LogP contribution is 2.18. The molecule has 1 aromatic carbocycles. The van der Waals surface area contributed by atoms with Gasteiger partial charge in [-0.25, -0.2) is 0 Å². The minimum Gasteiger partial charge on any atom is -0.488 e. The molecule has 0 aliphatic heterocycles. The summed E-state index contributed by atoms with van der Waals surface area (Å²) in [6, 6.07) is 12.5. The van der Waals surface area contributed by atoms with Crippen molar-refractivity contribution >= 4 is 17.3 Å². The Hall–Kier alpha value is -1.81. The number of methoxy groups -OCH3 is 1. The van der Waals surface area contributed by atoms with Crippen LogP contribution in [-0.4, -0.2) is 13.1 Å². The fourth-order valence-electron chi connectivity index (χ4n) is 2.58. The van der Waals surface area contributed by atoms with Gasteiger partial charge in [-0.2, -0.15) is 0 Å². The number of ether oxygens (including phenoxy) is 2. The highest BCUT2D eigenvalue weighted by Gasteiger charge is 2.11. The lowest BCUT2D eigenvalue weighted by atomic mass is 10.0. The summed E-state index contributed by atoms with van der Waals surface area (Å²) in [5, 5.41) is 2.06. The van der Waals surface area contributed by atoms with Gasteiger partial charge in [0.05, 0.1) is 13.0 Å². The van der Waals surface area contributed by atoms with Crippen LogP contribution in [0.2, 0.25) is 0 Å². The average Bonchev–Trinajstić information content (AvgIpc) is 3.13. The third-order valence-electron chi connectivity index (χ3n) is 4.09. The quantitative estimate of drug-likeness (QED) is 0.436. The lowest BCUT2D eigenvalue weighted by Crippen LogP contribution is -2.12. The number of carbonyl (C=O) groups excluding carboxylic acids is 1. The zero-order valence-corrected chi connectivity index (χ0v) is 15.3. The highest BCUT2D eigenvalue weighted by molar-refractivity contribution is 7.09. The van der Waals surface area contributed by atoms with E-state index in [0.29, 0.717) is 6.61 Å². The van der Waals surface area contributed by atoms with E-state index in [1.165, 1.54) is 17.6 Å². The van der Waals surface area contributed by atoms with E-state index in [4.69, 9.17) is 9.47 Å². The molecule has 0 aliphatic carbocycles. The van der Waals surface area contributed by atoms with Crippen LogP contribution in [0.3, 0.4) is 0 Å². The number of esters is 1. The summed E-state index contributed by atoms with van der Waals surface area (Å²) in [7, 11) is 1.45. The van der Waals surface area contributed by atoms with Crippen LogP contribution in [0.25, 0.3) is 0 Å². The second-order valence-electron chi connectivity index (χ2n) is 6.04. The third-order valence-corrected chi connectivity index (χ3v) is 4.94. The Labute approximate surface area is 148 Å². The third kappa shape index (κ3) is 6.36. The predicted molar refractivity (Wildman–Crippen MR) is 98.4 cm³/mol. The van der Waals surface area contributed by atoms with Crippen molar-refractivity contribution in [2.24, 2.45) is 5.92 Å². The minimum absolute atomic E-state index is 0.00905. The standard InChI is InChI=1S/C20H26O3S/c1-16(20(21)22-2)7-4-3-5-8-17-10-12-18(13-11-17)23-15-19-9-6-14-24-19/h6,9-14,16H,3-5,7-8,15H2,1-2H3. The molecule has 1 unspecified atom stereocenters. The SMILES string of the molecule is COC(=O)C(C)CCCCCc1ccc(OCc2cccs2)cc1. The van der Waals surface area contributed by atoms with Gasteiger partial charge in [0.25, 0.3) is 0 Å². The first-order valence-corrected chi connectivity index (χ1v) is 9.39. The summed E-state index contributed by atoms with van der Waals surface area (Å²) in [6.45, 7) is 2.57. The molecule has 0 aliphatic rings. The molecule has 1 aromatic heterocycles. The normalized spacial score (nSPS) is 11.9. The minimum atomic E-state index is -0.104. The van der Waals surface area contributed by atoms with Crippen LogP contribution in [0.4, 0.5) is 0 Å². The molecule has 0 radical (unpaired) electrons. The van der Waals surface area contributed by atoms with Gasteiger partial charge in [-0.1, -0.05) is 38.0 Å². The summed E-state index contributed by atoms with van der Waals surface area (Å²) in [5.74, 6) is 0.821.